The highest BCUT2D eigenvalue weighted by atomic mass is 79.9. The molecular formula is C13H15BrN4O3S2. The van der Waals surface area contributed by atoms with Gasteiger partial charge in [0.25, 0.3) is 5.91 Å². The van der Waals surface area contributed by atoms with Crippen molar-refractivity contribution < 1.29 is 13.2 Å². The number of hydrogen-bond donors (Lipinski definition) is 1. The maximum atomic E-state index is 12.3. The molecule has 2 rings (SSSR count). The molecule has 0 aliphatic carbocycles. The van der Waals surface area contributed by atoms with Gasteiger partial charge >= 0.3 is 0 Å². The molecule has 0 atom stereocenters. The second kappa shape index (κ2) is 7.04. The van der Waals surface area contributed by atoms with Gasteiger partial charge in [-0.05, 0) is 40.5 Å². The van der Waals surface area contributed by atoms with Gasteiger partial charge < -0.3 is 0 Å². The van der Waals surface area contributed by atoms with Crippen LogP contribution in [-0.2, 0) is 16.4 Å². The number of sulfonamides is 1. The number of amides is 1. The maximum absolute atomic E-state index is 12.3. The third-order valence-corrected chi connectivity index (χ3v) is 6.73. The third-order valence-electron chi connectivity index (χ3n) is 2.94. The first-order valence-corrected chi connectivity index (χ1v) is 9.66. The molecule has 0 saturated carbocycles. The van der Waals surface area contributed by atoms with E-state index < -0.39 is 15.9 Å². The van der Waals surface area contributed by atoms with Crippen molar-refractivity contribution in [2.24, 2.45) is 0 Å². The molecule has 10 heteroatoms. The van der Waals surface area contributed by atoms with Crippen molar-refractivity contribution in [2.45, 2.75) is 18.2 Å². The van der Waals surface area contributed by atoms with Gasteiger partial charge in [0.05, 0.1) is 4.90 Å². The number of halogens is 1. The molecule has 7 nitrogen and oxygen atoms in total. The van der Waals surface area contributed by atoms with Gasteiger partial charge in [-0.15, -0.1) is 10.2 Å². The highest BCUT2D eigenvalue weighted by Crippen LogP contribution is 2.26. The van der Waals surface area contributed by atoms with Crippen LogP contribution in [0.1, 0.15) is 22.3 Å². The second-order valence-corrected chi connectivity index (χ2v) is 8.78. The van der Waals surface area contributed by atoms with E-state index in [9.17, 15) is 13.2 Å². The van der Waals surface area contributed by atoms with Gasteiger partial charge in [-0.3, -0.25) is 10.1 Å². The van der Waals surface area contributed by atoms with Gasteiger partial charge in [0.15, 0.2) is 0 Å². The van der Waals surface area contributed by atoms with Crippen LogP contribution in [0.2, 0.25) is 0 Å². The molecular weight excluding hydrogens is 404 g/mol. The quantitative estimate of drug-likeness (QED) is 0.804. The Hall–Kier alpha value is -1.36. The van der Waals surface area contributed by atoms with Crippen LogP contribution in [0.5, 0.6) is 0 Å². The zero-order valence-corrected chi connectivity index (χ0v) is 15.9. The average Bonchev–Trinajstić information content (AvgIpc) is 2.94. The highest BCUT2D eigenvalue weighted by Gasteiger charge is 2.22. The van der Waals surface area contributed by atoms with Crippen LogP contribution in [-0.4, -0.2) is 42.9 Å². The fraction of sp³-hybridized carbons (Fsp3) is 0.308. The summed E-state index contributed by atoms with van der Waals surface area (Å²) in [6, 6.07) is 4.40. The molecule has 0 unspecified atom stereocenters. The molecule has 0 spiro atoms. The zero-order valence-electron chi connectivity index (χ0n) is 12.7. The number of rotatable bonds is 5. The van der Waals surface area contributed by atoms with Crippen LogP contribution in [0.25, 0.3) is 0 Å². The Morgan fingerprint density at radius 3 is 2.61 bits per heavy atom. The average molecular weight is 419 g/mol. The van der Waals surface area contributed by atoms with Gasteiger partial charge in [-0.2, -0.15) is 0 Å². The Labute approximate surface area is 146 Å². The predicted octanol–water partition coefficient (Wildman–Crippen LogP) is 2.37. The van der Waals surface area contributed by atoms with Crippen LogP contribution in [0.15, 0.2) is 27.6 Å². The molecule has 2 aromatic rings. The van der Waals surface area contributed by atoms with Crippen molar-refractivity contribution in [2.75, 3.05) is 19.4 Å². The minimum absolute atomic E-state index is 0.0293. The molecule has 1 heterocycles. The molecule has 0 radical (unpaired) electrons. The molecule has 124 valence electrons. The summed E-state index contributed by atoms with van der Waals surface area (Å²) in [5, 5.41) is 11.6. The van der Waals surface area contributed by atoms with Crippen molar-refractivity contribution in [3.05, 3.63) is 33.2 Å². The van der Waals surface area contributed by atoms with Crippen molar-refractivity contribution in [1.29, 1.82) is 0 Å². The van der Waals surface area contributed by atoms with Crippen molar-refractivity contribution in [3.63, 3.8) is 0 Å². The first kappa shape index (κ1) is 18.0. The lowest BCUT2D eigenvalue weighted by atomic mass is 10.2. The van der Waals surface area contributed by atoms with E-state index in [-0.39, 0.29) is 10.5 Å². The van der Waals surface area contributed by atoms with Crippen LogP contribution >= 0.6 is 27.3 Å². The SMILES string of the molecule is CCc1nnc(NC(=O)c2ccc(Br)c(S(=O)(=O)N(C)C)c2)s1. The van der Waals surface area contributed by atoms with E-state index in [2.05, 4.69) is 31.4 Å². The lowest BCUT2D eigenvalue weighted by Gasteiger charge is -2.13. The van der Waals surface area contributed by atoms with E-state index in [1.54, 1.807) is 0 Å². The first-order valence-electron chi connectivity index (χ1n) is 6.61. The summed E-state index contributed by atoms with van der Waals surface area (Å²) < 4.78 is 26.0. The Balaban J connectivity index is 2.31. The summed E-state index contributed by atoms with van der Waals surface area (Å²) in [5.74, 6) is -0.438. The molecule has 1 aromatic heterocycles. The molecule has 1 aromatic carbocycles. The van der Waals surface area contributed by atoms with Crippen LogP contribution in [0.3, 0.4) is 0 Å². The topological polar surface area (TPSA) is 92.3 Å². The minimum Gasteiger partial charge on any atom is -0.296 e. The number of carbonyl (C=O) groups excluding carboxylic acids is 1. The molecule has 0 fully saturated rings. The summed E-state index contributed by atoms with van der Waals surface area (Å²) in [4.78, 5) is 12.3. The van der Waals surface area contributed by atoms with Gasteiger partial charge in [-0.25, -0.2) is 12.7 Å². The van der Waals surface area contributed by atoms with E-state index >= 15 is 0 Å². The lowest BCUT2D eigenvalue weighted by Crippen LogP contribution is -2.23. The summed E-state index contributed by atoms with van der Waals surface area (Å²) in [7, 11) is -0.790. The number of nitrogens with one attached hydrogen (secondary N) is 1. The number of carbonyl (C=O) groups is 1. The Morgan fingerprint density at radius 2 is 2.04 bits per heavy atom. The highest BCUT2D eigenvalue weighted by molar-refractivity contribution is 9.10. The first-order chi connectivity index (χ1) is 10.8. The maximum Gasteiger partial charge on any atom is 0.257 e. The van der Waals surface area contributed by atoms with Crippen molar-refractivity contribution >= 4 is 48.3 Å². The largest absolute Gasteiger partial charge is 0.296 e. The minimum atomic E-state index is -3.66. The van der Waals surface area contributed by atoms with E-state index in [1.165, 1.54) is 43.6 Å². The summed E-state index contributed by atoms with van der Waals surface area (Å²) in [5.41, 5.74) is 0.224. The van der Waals surface area contributed by atoms with Gasteiger partial charge in [0.1, 0.15) is 5.01 Å². The molecule has 1 N–H and O–H groups in total. The van der Waals surface area contributed by atoms with Gasteiger partial charge in [0.2, 0.25) is 15.2 Å². The fourth-order valence-electron chi connectivity index (χ4n) is 1.66. The zero-order chi connectivity index (χ0) is 17.2. The monoisotopic (exact) mass is 418 g/mol. The summed E-state index contributed by atoms with van der Waals surface area (Å²) in [6.07, 6.45) is 0.733. The van der Waals surface area contributed by atoms with E-state index in [1.807, 2.05) is 6.92 Å². The van der Waals surface area contributed by atoms with E-state index in [0.29, 0.717) is 9.60 Å². The molecule has 0 aliphatic heterocycles. The number of aryl methyl sites for hydroxylation is 1. The molecule has 0 aliphatic rings. The molecule has 23 heavy (non-hydrogen) atoms. The lowest BCUT2D eigenvalue weighted by molar-refractivity contribution is 0.102. The van der Waals surface area contributed by atoms with Crippen molar-refractivity contribution in [1.82, 2.24) is 14.5 Å². The number of benzene rings is 1. The normalized spacial score (nSPS) is 11.7. The molecule has 0 saturated heterocycles. The molecule has 1 amide bonds. The van der Waals surface area contributed by atoms with Crippen LogP contribution in [0.4, 0.5) is 5.13 Å². The van der Waals surface area contributed by atoms with Gasteiger partial charge in [-0.1, -0.05) is 18.3 Å². The van der Waals surface area contributed by atoms with E-state index in [4.69, 9.17) is 0 Å². The molecule has 0 bridgehead atoms. The Morgan fingerprint density at radius 1 is 1.35 bits per heavy atom. The van der Waals surface area contributed by atoms with Crippen LogP contribution < -0.4 is 5.32 Å². The standard InChI is InChI=1S/C13H15BrN4O3S2/c1-4-11-16-17-13(22-11)15-12(19)8-5-6-9(14)10(7-8)23(20,21)18(2)3/h5-7H,4H2,1-3H3,(H,15,17,19). The Bertz CT molecular complexity index is 833. The van der Waals surface area contributed by atoms with Crippen LogP contribution in [0, 0.1) is 0 Å². The van der Waals surface area contributed by atoms with Gasteiger partial charge in [0, 0.05) is 24.1 Å². The van der Waals surface area contributed by atoms with E-state index in [0.717, 1.165) is 15.7 Å². The summed E-state index contributed by atoms with van der Waals surface area (Å²) >= 11 is 4.49. The van der Waals surface area contributed by atoms with Crippen molar-refractivity contribution in [3.8, 4) is 0 Å². The third kappa shape index (κ3) is 3.94. The summed E-state index contributed by atoms with van der Waals surface area (Å²) in [6.45, 7) is 1.94. The fourth-order valence-corrected chi connectivity index (χ4v) is 4.17. The number of nitrogens with zero attached hydrogens (tertiary/aromatic N) is 3. The smallest absolute Gasteiger partial charge is 0.257 e. The number of aromatic nitrogens is 2. The Kier molecular flexibility index (Phi) is 5.50. The number of anilines is 1. The predicted molar refractivity (Wildman–Crippen MR) is 92.3 cm³/mol. The number of hydrogen-bond acceptors (Lipinski definition) is 6. The second-order valence-electron chi connectivity index (χ2n) is 4.74.